The normalized spacial score (nSPS) is 37.5. The second-order valence-electron chi connectivity index (χ2n) is 10.5. The first-order valence-electron chi connectivity index (χ1n) is 12.1. The number of benzene rings is 1. The summed E-state index contributed by atoms with van der Waals surface area (Å²) in [5.41, 5.74) is 3.48. The first-order valence-corrected chi connectivity index (χ1v) is 12.5. The molecule has 0 radical (unpaired) electrons. The minimum Gasteiger partial charge on any atom is -0.461 e. The molecule has 3 unspecified atom stereocenters. The number of ether oxygens (including phenoxy) is 1. The molecule has 3 fully saturated rings. The summed E-state index contributed by atoms with van der Waals surface area (Å²) in [5, 5.41) is 12.3. The second kappa shape index (κ2) is 8.34. The van der Waals surface area contributed by atoms with Crippen molar-refractivity contribution in [3.63, 3.8) is 0 Å². The number of allylic oxidation sites excluding steroid dienone is 1. The third kappa shape index (κ3) is 3.57. The van der Waals surface area contributed by atoms with Crippen molar-refractivity contribution in [1.29, 1.82) is 0 Å². The highest BCUT2D eigenvalue weighted by Gasteiger charge is 2.59. The quantitative estimate of drug-likeness (QED) is 0.547. The lowest BCUT2D eigenvalue weighted by Crippen LogP contribution is -2.55. The molecule has 6 atom stereocenters. The molecular weight excluding hydrogens is 424 g/mol. The molecule has 1 N–H and O–H groups in total. The van der Waals surface area contributed by atoms with E-state index < -0.39 is 6.10 Å². The third-order valence-corrected chi connectivity index (χ3v) is 9.14. The Bertz CT molecular complexity index is 926. The number of carbonyl (C=O) groups is 1. The fraction of sp³-hybridized carbons (Fsp3) is 0.654. The van der Waals surface area contributed by atoms with Gasteiger partial charge in [0, 0.05) is 61.2 Å². The van der Waals surface area contributed by atoms with Crippen LogP contribution >= 0.6 is 11.6 Å². The zero-order valence-electron chi connectivity index (χ0n) is 19.4. The molecule has 4 aliphatic rings. The molecule has 0 amide bonds. The van der Waals surface area contributed by atoms with Crippen LogP contribution in [0.3, 0.4) is 0 Å². The zero-order chi connectivity index (χ0) is 22.6. The molecule has 2 aliphatic carbocycles. The van der Waals surface area contributed by atoms with Crippen molar-refractivity contribution in [2.75, 3.05) is 37.6 Å². The topological polar surface area (TPSA) is 53.0 Å². The minimum atomic E-state index is -0.533. The number of aliphatic hydroxyl groups is 1. The Kier molecular flexibility index (Phi) is 5.80. The van der Waals surface area contributed by atoms with E-state index >= 15 is 0 Å². The van der Waals surface area contributed by atoms with Crippen molar-refractivity contribution >= 4 is 23.3 Å². The molecule has 174 valence electrons. The number of halogens is 1. The molecular formula is C26H35ClN2O3. The predicted molar refractivity (Wildman–Crippen MR) is 127 cm³/mol. The number of anilines is 1. The standard InChI is InChI=1S/C26H35ClN2O3/c1-16-7-8-19(27)14-21(16)29-11-9-28(10-12-29)15-20-23-22(32-25(20)31)13-18-6-4-5-17(2)26(18,3)24(23)30/h6-8,14,17,20,22-24,30H,4-5,9-13,15H2,1-3H3/t17?,20?,22-,23-,24?,26-/m1/s1. The molecule has 2 saturated heterocycles. The molecule has 32 heavy (non-hydrogen) atoms. The average molecular weight is 459 g/mol. The summed E-state index contributed by atoms with van der Waals surface area (Å²) < 4.78 is 5.85. The van der Waals surface area contributed by atoms with Crippen LogP contribution in [0.2, 0.25) is 5.02 Å². The van der Waals surface area contributed by atoms with Gasteiger partial charge in [-0.3, -0.25) is 9.69 Å². The van der Waals surface area contributed by atoms with E-state index in [0.717, 1.165) is 50.5 Å². The highest BCUT2D eigenvalue weighted by molar-refractivity contribution is 6.30. The molecule has 5 nitrogen and oxygen atoms in total. The maximum atomic E-state index is 12.9. The van der Waals surface area contributed by atoms with E-state index in [1.165, 1.54) is 16.8 Å². The van der Waals surface area contributed by atoms with Crippen LogP contribution in [0.4, 0.5) is 5.69 Å². The lowest BCUT2D eigenvalue weighted by atomic mass is 9.55. The van der Waals surface area contributed by atoms with Crippen LogP contribution in [0.15, 0.2) is 29.8 Å². The Balaban J connectivity index is 1.28. The molecule has 2 heterocycles. The molecule has 1 saturated carbocycles. The number of rotatable bonds is 3. The van der Waals surface area contributed by atoms with Gasteiger partial charge in [-0.1, -0.05) is 43.2 Å². The number of esters is 1. The fourth-order valence-electron chi connectivity index (χ4n) is 6.65. The highest BCUT2D eigenvalue weighted by atomic mass is 35.5. The average Bonchev–Trinajstić information content (AvgIpc) is 3.08. The largest absolute Gasteiger partial charge is 0.461 e. The number of nitrogens with zero attached hydrogens (tertiary/aromatic N) is 2. The third-order valence-electron chi connectivity index (χ3n) is 8.91. The number of fused-ring (bicyclic) bond motifs is 2. The SMILES string of the molecule is Cc1ccc(Cl)cc1N1CCN(CC2C(=O)O[C@@H]3CC4=CCCC(C)[C@@]4(C)C(O)[C@H]23)CC1. The van der Waals surface area contributed by atoms with Crippen molar-refractivity contribution < 1.29 is 14.6 Å². The molecule has 5 rings (SSSR count). The van der Waals surface area contributed by atoms with E-state index in [0.29, 0.717) is 12.5 Å². The van der Waals surface area contributed by atoms with Gasteiger partial charge in [0.05, 0.1) is 12.0 Å². The van der Waals surface area contributed by atoms with Crippen LogP contribution in [0.5, 0.6) is 0 Å². The van der Waals surface area contributed by atoms with Crippen LogP contribution in [0.1, 0.15) is 38.7 Å². The van der Waals surface area contributed by atoms with E-state index in [1.54, 1.807) is 0 Å². The van der Waals surface area contributed by atoms with E-state index in [4.69, 9.17) is 16.3 Å². The summed E-state index contributed by atoms with van der Waals surface area (Å²) in [6.45, 7) is 10.8. The van der Waals surface area contributed by atoms with Gasteiger partial charge in [-0.05, 0) is 43.4 Å². The zero-order valence-corrected chi connectivity index (χ0v) is 20.1. The smallest absolute Gasteiger partial charge is 0.311 e. The number of hydrogen-bond acceptors (Lipinski definition) is 5. The van der Waals surface area contributed by atoms with Gasteiger partial charge in [0.2, 0.25) is 0 Å². The molecule has 0 bridgehead atoms. The van der Waals surface area contributed by atoms with Gasteiger partial charge in [-0.25, -0.2) is 0 Å². The Morgan fingerprint density at radius 1 is 1.25 bits per heavy atom. The lowest BCUT2D eigenvalue weighted by Gasteiger charge is -2.52. The summed E-state index contributed by atoms with van der Waals surface area (Å²) in [6, 6.07) is 6.04. The monoisotopic (exact) mass is 458 g/mol. The molecule has 6 heteroatoms. The molecule has 0 aromatic heterocycles. The van der Waals surface area contributed by atoms with Crippen LogP contribution < -0.4 is 4.90 Å². The van der Waals surface area contributed by atoms with Gasteiger partial charge in [-0.15, -0.1) is 0 Å². The molecule has 1 aromatic carbocycles. The van der Waals surface area contributed by atoms with Gasteiger partial charge in [0.1, 0.15) is 6.10 Å². The maximum absolute atomic E-state index is 12.9. The van der Waals surface area contributed by atoms with Crippen molar-refractivity contribution in [2.24, 2.45) is 23.2 Å². The summed E-state index contributed by atoms with van der Waals surface area (Å²) in [6.07, 6.45) is 4.52. The lowest BCUT2D eigenvalue weighted by molar-refractivity contribution is -0.145. The van der Waals surface area contributed by atoms with Crippen LogP contribution in [0, 0.1) is 30.1 Å². The van der Waals surface area contributed by atoms with Crippen LogP contribution in [0.25, 0.3) is 0 Å². The summed E-state index contributed by atoms with van der Waals surface area (Å²) in [7, 11) is 0. The molecule has 0 spiro atoms. The van der Waals surface area contributed by atoms with Crippen molar-refractivity contribution in [3.05, 3.63) is 40.4 Å². The Hall–Kier alpha value is -1.56. The Morgan fingerprint density at radius 2 is 2.00 bits per heavy atom. The van der Waals surface area contributed by atoms with Crippen molar-refractivity contribution in [2.45, 2.75) is 52.2 Å². The van der Waals surface area contributed by atoms with Crippen LogP contribution in [-0.2, 0) is 9.53 Å². The molecule has 1 aromatic rings. The maximum Gasteiger partial charge on any atom is 0.311 e. The first-order chi connectivity index (χ1) is 15.3. The Labute approximate surface area is 196 Å². The van der Waals surface area contributed by atoms with Gasteiger partial charge >= 0.3 is 5.97 Å². The van der Waals surface area contributed by atoms with Crippen molar-refractivity contribution in [3.8, 4) is 0 Å². The first kappa shape index (κ1) is 22.2. The number of hydrogen-bond donors (Lipinski definition) is 1. The summed E-state index contributed by atoms with van der Waals surface area (Å²) in [5.74, 6) is -0.0673. The van der Waals surface area contributed by atoms with Crippen LogP contribution in [-0.4, -0.2) is 60.9 Å². The summed E-state index contributed by atoms with van der Waals surface area (Å²) in [4.78, 5) is 17.7. The van der Waals surface area contributed by atoms with E-state index in [1.807, 2.05) is 12.1 Å². The fourth-order valence-corrected chi connectivity index (χ4v) is 6.81. The number of carbonyl (C=O) groups excluding carboxylic acids is 1. The molecule has 2 aliphatic heterocycles. The van der Waals surface area contributed by atoms with Crippen molar-refractivity contribution in [1.82, 2.24) is 4.90 Å². The van der Waals surface area contributed by atoms with E-state index in [9.17, 15) is 9.90 Å². The Morgan fingerprint density at radius 3 is 2.75 bits per heavy atom. The van der Waals surface area contributed by atoms with Gasteiger partial charge in [-0.2, -0.15) is 0 Å². The highest BCUT2D eigenvalue weighted by Crippen LogP contribution is 2.56. The second-order valence-corrected chi connectivity index (χ2v) is 11.0. The number of aliphatic hydroxyl groups excluding tert-OH is 1. The van der Waals surface area contributed by atoms with Gasteiger partial charge < -0.3 is 14.7 Å². The van der Waals surface area contributed by atoms with E-state index in [2.05, 4.69) is 42.7 Å². The number of piperazine rings is 1. The number of aryl methyl sites for hydroxylation is 1. The van der Waals surface area contributed by atoms with Gasteiger partial charge in [0.15, 0.2) is 0 Å². The van der Waals surface area contributed by atoms with Gasteiger partial charge in [0.25, 0.3) is 0 Å². The minimum absolute atomic E-state index is 0.113. The van der Waals surface area contributed by atoms with E-state index in [-0.39, 0.29) is 29.3 Å². The summed E-state index contributed by atoms with van der Waals surface area (Å²) >= 11 is 6.23. The predicted octanol–water partition coefficient (Wildman–Crippen LogP) is 4.06.